The maximum Gasteiger partial charge on any atom is 0.398 e. The third-order valence-corrected chi connectivity index (χ3v) is 8.28. The van der Waals surface area contributed by atoms with Gasteiger partial charge in [-0.05, 0) is 62.1 Å². The van der Waals surface area contributed by atoms with Crippen molar-refractivity contribution < 1.29 is 32.7 Å². The molecule has 11 heteroatoms. The molecule has 3 aliphatic rings. The molecule has 3 aliphatic carbocycles. The number of fused-ring (bicyclic) bond motifs is 1. The lowest BCUT2D eigenvalue weighted by Crippen LogP contribution is -2.33. The molecular formula is C26H25ClF3N3O4. The highest BCUT2D eigenvalue weighted by atomic mass is 35.5. The fraction of sp³-hybridized carbons (Fsp3) is 0.462. The molecule has 196 valence electrons. The Morgan fingerprint density at radius 2 is 1.84 bits per heavy atom. The van der Waals surface area contributed by atoms with E-state index in [0.29, 0.717) is 43.5 Å². The number of carboxylic acid groups (broad SMARTS) is 1. The third-order valence-electron chi connectivity index (χ3n) is 7.97. The van der Waals surface area contributed by atoms with Gasteiger partial charge in [-0.1, -0.05) is 29.8 Å². The lowest BCUT2D eigenvalue weighted by molar-refractivity contribution is -0.160. The van der Waals surface area contributed by atoms with Crippen LogP contribution in [0.15, 0.2) is 24.3 Å². The van der Waals surface area contributed by atoms with E-state index >= 15 is 0 Å². The molecule has 2 unspecified atom stereocenters. The van der Waals surface area contributed by atoms with Gasteiger partial charge in [0.25, 0.3) is 5.91 Å². The second-order valence-electron chi connectivity index (χ2n) is 10.1. The van der Waals surface area contributed by atoms with Crippen molar-refractivity contribution in [1.29, 1.82) is 0 Å². The van der Waals surface area contributed by atoms with Crippen LogP contribution in [0.3, 0.4) is 0 Å². The molecule has 1 aromatic carbocycles. The van der Waals surface area contributed by atoms with Gasteiger partial charge in [0.1, 0.15) is 0 Å². The zero-order valence-electron chi connectivity index (χ0n) is 19.8. The summed E-state index contributed by atoms with van der Waals surface area (Å²) in [5.41, 5.74) is 5.45. The average molecular weight is 536 g/mol. The van der Waals surface area contributed by atoms with Gasteiger partial charge in [-0.2, -0.15) is 23.0 Å². The number of benzene rings is 1. The van der Waals surface area contributed by atoms with E-state index in [4.69, 9.17) is 17.3 Å². The number of carbonyl (C=O) groups excluding carboxylic acids is 2. The van der Waals surface area contributed by atoms with E-state index in [9.17, 15) is 32.7 Å². The van der Waals surface area contributed by atoms with Crippen LogP contribution in [0.5, 0.6) is 0 Å². The minimum Gasteiger partial charge on any atom is -0.481 e. The molecule has 2 atom stereocenters. The van der Waals surface area contributed by atoms with Crippen molar-refractivity contribution in [2.45, 2.75) is 63.0 Å². The first-order valence-electron chi connectivity index (χ1n) is 12.2. The number of aliphatic carboxylic acids is 1. The number of alkyl halides is 3. The third kappa shape index (κ3) is 4.24. The lowest BCUT2D eigenvalue weighted by atomic mass is 9.82. The normalized spacial score (nSPS) is 22.6. The van der Waals surface area contributed by atoms with Crippen LogP contribution in [-0.4, -0.2) is 38.8 Å². The number of amides is 1. The molecule has 0 spiro atoms. The Labute approximate surface area is 215 Å². The van der Waals surface area contributed by atoms with Gasteiger partial charge in [-0.25, -0.2) is 0 Å². The van der Waals surface area contributed by atoms with Gasteiger partial charge in [0.05, 0.1) is 33.3 Å². The molecule has 1 fully saturated rings. The number of aromatic nitrogens is 2. The molecular weight excluding hydrogens is 511 g/mol. The van der Waals surface area contributed by atoms with Gasteiger partial charge < -0.3 is 10.8 Å². The number of carboxylic acids is 1. The van der Waals surface area contributed by atoms with Crippen LogP contribution in [-0.2, 0) is 27.8 Å². The lowest BCUT2D eigenvalue weighted by Gasteiger charge is -2.24. The summed E-state index contributed by atoms with van der Waals surface area (Å²) in [6.45, 7) is 0. The van der Waals surface area contributed by atoms with Gasteiger partial charge in [0, 0.05) is 17.9 Å². The molecule has 1 amide bonds. The fourth-order valence-corrected chi connectivity index (χ4v) is 5.89. The number of hydrogen-bond acceptors (Lipinski definition) is 4. The topological polar surface area (TPSA) is 115 Å². The predicted molar refractivity (Wildman–Crippen MR) is 128 cm³/mol. The predicted octanol–water partition coefficient (Wildman–Crippen LogP) is 4.68. The minimum absolute atomic E-state index is 0.104. The smallest absolute Gasteiger partial charge is 0.398 e. The number of halogens is 4. The Bertz CT molecular complexity index is 1340. The first kappa shape index (κ1) is 25.5. The fourth-order valence-electron chi connectivity index (χ4n) is 5.63. The van der Waals surface area contributed by atoms with Crippen LogP contribution in [0.4, 0.5) is 13.2 Å². The summed E-state index contributed by atoms with van der Waals surface area (Å²) in [5, 5.41) is 13.8. The van der Waals surface area contributed by atoms with E-state index in [-0.39, 0.29) is 35.4 Å². The van der Waals surface area contributed by atoms with Crippen LogP contribution in [0.2, 0.25) is 5.02 Å². The molecule has 5 rings (SSSR count). The maximum atomic E-state index is 14.0. The molecule has 2 aromatic rings. The highest BCUT2D eigenvalue weighted by Crippen LogP contribution is 2.60. The number of rotatable bonds is 5. The maximum absolute atomic E-state index is 14.0. The van der Waals surface area contributed by atoms with Gasteiger partial charge in [0.2, 0.25) is 5.91 Å². The Hall–Kier alpha value is -3.14. The first-order valence-corrected chi connectivity index (χ1v) is 12.5. The highest BCUT2D eigenvalue weighted by molar-refractivity contribution is 6.34. The first-order chi connectivity index (χ1) is 17.4. The van der Waals surface area contributed by atoms with Crippen LogP contribution in [0.1, 0.15) is 71.4 Å². The standard InChI is InChI=1S/C26H25ClF3N3O4/c27-18-3-1-2-17(25(10-11-25)26(28,29)30)20(18)23(35)33-19-12-15(22(31)34)8-9-16(19)21(32-33)13-4-6-14(7-5-13)24(36)37/h1-4,14-15H,5-12H2,(H2,31,34)(H,36,37). The summed E-state index contributed by atoms with van der Waals surface area (Å²) in [6.07, 6.45) is -0.892. The number of primary amides is 1. The Morgan fingerprint density at radius 3 is 2.41 bits per heavy atom. The molecule has 7 nitrogen and oxygen atoms in total. The molecule has 37 heavy (non-hydrogen) atoms. The van der Waals surface area contributed by atoms with Crippen molar-refractivity contribution in [3.05, 3.63) is 57.4 Å². The van der Waals surface area contributed by atoms with Gasteiger partial charge in [-0.15, -0.1) is 0 Å². The molecule has 0 radical (unpaired) electrons. The van der Waals surface area contributed by atoms with E-state index in [0.717, 1.165) is 15.8 Å². The minimum atomic E-state index is -4.55. The number of carbonyl (C=O) groups is 3. The summed E-state index contributed by atoms with van der Waals surface area (Å²) >= 11 is 6.35. The Kier molecular flexibility index (Phi) is 6.21. The second-order valence-corrected chi connectivity index (χ2v) is 10.5. The number of allylic oxidation sites excluding steroid dienone is 2. The van der Waals surface area contributed by atoms with E-state index < -0.39 is 41.2 Å². The van der Waals surface area contributed by atoms with Crippen molar-refractivity contribution in [3.63, 3.8) is 0 Å². The molecule has 1 heterocycles. The van der Waals surface area contributed by atoms with Gasteiger partial charge in [0.15, 0.2) is 0 Å². The molecule has 1 saturated carbocycles. The SMILES string of the molecule is NC(=O)C1CCc2c(C3=CCC(C(=O)O)CC3)nn(C(=O)c3c(Cl)cccc3C3(C(F)(F)F)CC3)c2C1. The zero-order chi connectivity index (χ0) is 26.7. The monoisotopic (exact) mass is 535 g/mol. The van der Waals surface area contributed by atoms with Crippen molar-refractivity contribution in [2.24, 2.45) is 17.6 Å². The summed E-state index contributed by atoms with van der Waals surface area (Å²) in [7, 11) is 0. The molecule has 3 N–H and O–H groups in total. The van der Waals surface area contributed by atoms with E-state index in [2.05, 4.69) is 5.10 Å². The second kappa shape index (κ2) is 9.01. The summed E-state index contributed by atoms with van der Waals surface area (Å²) in [6, 6.07) is 4.07. The average Bonchev–Trinajstić information content (AvgIpc) is 3.59. The van der Waals surface area contributed by atoms with Crippen LogP contribution >= 0.6 is 11.6 Å². The van der Waals surface area contributed by atoms with E-state index in [1.807, 2.05) is 0 Å². The largest absolute Gasteiger partial charge is 0.481 e. The van der Waals surface area contributed by atoms with E-state index in [1.165, 1.54) is 18.2 Å². The molecule has 0 bridgehead atoms. The van der Waals surface area contributed by atoms with Crippen LogP contribution in [0.25, 0.3) is 5.57 Å². The Balaban J connectivity index is 1.63. The molecule has 0 aliphatic heterocycles. The van der Waals surface area contributed by atoms with Gasteiger partial charge >= 0.3 is 12.1 Å². The highest BCUT2D eigenvalue weighted by Gasteiger charge is 2.65. The number of hydrogen-bond donors (Lipinski definition) is 2. The summed E-state index contributed by atoms with van der Waals surface area (Å²) in [5.74, 6) is -3.25. The van der Waals surface area contributed by atoms with Crippen LogP contribution < -0.4 is 5.73 Å². The van der Waals surface area contributed by atoms with Crippen LogP contribution in [0, 0.1) is 11.8 Å². The number of nitrogens with two attached hydrogens (primary N) is 1. The zero-order valence-corrected chi connectivity index (χ0v) is 20.5. The summed E-state index contributed by atoms with van der Waals surface area (Å²) < 4.78 is 43.2. The van der Waals surface area contributed by atoms with E-state index in [1.54, 1.807) is 6.08 Å². The van der Waals surface area contributed by atoms with Crippen molar-refractivity contribution in [3.8, 4) is 0 Å². The molecule has 1 aromatic heterocycles. The number of nitrogens with zero attached hydrogens (tertiary/aromatic N) is 2. The van der Waals surface area contributed by atoms with Crippen molar-refractivity contribution >= 4 is 35.0 Å². The van der Waals surface area contributed by atoms with Gasteiger partial charge in [-0.3, -0.25) is 14.4 Å². The molecule has 0 saturated heterocycles. The van der Waals surface area contributed by atoms with Crippen molar-refractivity contribution in [2.75, 3.05) is 0 Å². The van der Waals surface area contributed by atoms with Crippen molar-refractivity contribution in [1.82, 2.24) is 9.78 Å². The summed E-state index contributed by atoms with van der Waals surface area (Å²) in [4.78, 5) is 37.3. The Morgan fingerprint density at radius 1 is 1.14 bits per heavy atom. The quantitative estimate of drug-likeness (QED) is 0.577.